The Morgan fingerprint density at radius 3 is 2.58 bits per heavy atom. The van der Waals surface area contributed by atoms with Gasteiger partial charge in [-0.05, 0) is 43.4 Å². The van der Waals surface area contributed by atoms with Crippen molar-refractivity contribution in [3.8, 4) is 0 Å². The first-order valence-corrected chi connectivity index (χ1v) is 11.8. The molecule has 7 heteroatoms. The highest BCUT2D eigenvalue weighted by Gasteiger charge is 2.24. The molecule has 31 heavy (non-hydrogen) atoms. The Morgan fingerprint density at radius 2 is 1.87 bits per heavy atom. The minimum Gasteiger partial charge on any atom is -0.379 e. The molecule has 0 spiro atoms. The Labute approximate surface area is 206 Å². The van der Waals surface area contributed by atoms with Crippen molar-refractivity contribution in [3.05, 3.63) is 35.4 Å². The van der Waals surface area contributed by atoms with E-state index in [2.05, 4.69) is 65.5 Å². The molecule has 1 aromatic rings. The zero-order chi connectivity index (χ0) is 21.2. The van der Waals surface area contributed by atoms with Gasteiger partial charge >= 0.3 is 0 Å². The minimum atomic E-state index is 0. The lowest BCUT2D eigenvalue weighted by atomic mass is 10.1. The Morgan fingerprint density at radius 1 is 1.13 bits per heavy atom. The maximum Gasteiger partial charge on any atom is 0.191 e. The molecule has 1 atom stereocenters. The number of ether oxygens (including phenoxy) is 1. The van der Waals surface area contributed by atoms with Crippen molar-refractivity contribution < 1.29 is 4.74 Å². The zero-order valence-corrected chi connectivity index (χ0v) is 21.9. The standard InChI is InChI=1S/C24H41N5O.HI/c1-4-25-24(27-17-23-10-7-11-29(23)18-20(2)3)26-16-21-8-5-6-9-22(21)19-28-12-14-30-15-13-28;/h5-6,8-9,20,23H,4,7,10-19H2,1-3H3,(H2,25,26,27);1H/t23-;/m1./s1. The molecule has 0 amide bonds. The van der Waals surface area contributed by atoms with Crippen LogP contribution in [0, 0.1) is 5.92 Å². The van der Waals surface area contributed by atoms with Crippen LogP contribution in [0.5, 0.6) is 0 Å². The summed E-state index contributed by atoms with van der Waals surface area (Å²) < 4.78 is 5.49. The van der Waals surface area contributed by atoms with Crippen molar-refractivity contribution >= 4 is 29.9 Å². The van der Waals surface area contributed by atoms with Crippen molar-refractivity contribution in [2.45, 2.75) is 52.7 Å². The molecule has 2 aliphatic rings. The fourth-order valence-electron chi connectivity index (χ4n) is 4.42. The first-order valence-electron chi connectivity index (χ1n) is 11.8. The molecule has 3 rings (SSSR count). The van der Waals surface area contributed by atoms with E-state index in [4.69, 9.17) is 9.73 Å². The molecule has 0 aromatic heterocycles. The molecule has 176 valence electrons. The molecular weight excluding hydrogens is 501 g/mol. The second-order valence-corrected chi connectivity index (χ2v) is 8.92. The third-order valence-electron chi connectivity index (χ3n) is 5.97. The van der Waals surface area contributed by atoms with Crippen LogP contribution >= 0.6 is 24.0 Å². The van der Waals surface area contributed by atoms with Gasteiger partial charge in [-0.2, -0.15) is 0 Å². The summed E-state index contributed by atoms with van der Waals surface area (Å²) in [4.78, 5) is 10.0. The minimum absolute atomic E-state index is 0. The Kier molecular flexibility index (Phi) is 12.1. The summed E-state index contributed by atoms with van der Waals surface area (Å²) in [6.45, 7) is 16.4. The average molecular weight is 544 g/mol. The second-order valence-electron chi connectivity index (χ2n) is 8.92. The molecule has 2 aliphatic heterocycles. The molecule has 0 saturated carbocycles. The summed E-state index contributed by atoms with van der Waals surface area (Å²) in [5, 5.41) is 7.03. The van der Waals surface area contributed by atoms with Gasteiger partial charge in [-0.1, -0.05) is 38.1 Å². The highest BCUT2D eigenvalue weighted by atomic mass is 127. The quantitative estimate of drug-likeness (QED) is 0.285. The summed E-state index contributed by atoms with van der Waals surface area (Å²) in [5.41, 5.74) is 2.68. The maximum absolute atomic E-state index is 5.49. The number of likely N-dealkylation sites (tertiary alicyclic amines) is 1. The molecule has 0 unspecified atom stereocenters. The van der Waals surface area contributed by atoms with Crippen molar-refractivity contribution in [2.75, 3.05) is 52.5 Å². The fraction of sp³-hybridized carbons (Fsp3) is 0.708. The number of nitrogens with zero attached hydrogens (tertiary/aromatic N) is 3. The lowest BCUT2D eigenvalue weighted by Crippen LogP contribution is -2.45. The van der Waals surface area contributed by atoms with Crippen LogP contribution in [-0.2, 0) is 17.8 Å². The second kappa shape index (κ2) is 14.3. The summed E-state index contributed by atoms with van der Waals surface area (Å²) in [7, 11) is 0. The van der Waals surface area contributed by atoms with Crippen molar-refractivity contribution in [3.63, 3.8) is 0 Å². The molecule has 2 saturated heterocycles. The zero-order valence-electron chi connectivity index (χ0n) is 19.6. The third-order valence-corrected chi connectivity index (χ3v) is 5.97. The number of aliphatic imine (C=N–C) groups is 1. The highest BCUT2D eigenvalue weighted by Crippen LogP contribution is 2.18. The van der Waals surface area contributed by atoms with E-state index in [0.717, 1.165) is 57.8 Å². The van der Waals surface area contributed by atoms with E-state index in [9.17, 15) is 0 Å². The van der Waals surface area contributed by atoms with E-state index in [0.29, 0.717) is 12.6 Å². The van der Waals surface area contributed by atoms with Crippen LogP contribution in [-0.4, -0.2) is 74.3 Å². The summed E-state index contributed by atoms with van der Waals surface area (Å²) in [5.74, 6) is 1.64. The van der Waals surface area contributed by atoms with Crippen LogP contribution < -0.4 is 10.6 Å². The van der Waals surface area contributed by atoms with Gasteiger partial charge in [-0.25, -0.2) is 4.99 Å². The molecule has 1 aromatic carbocycles. The van der Waals surface area contributed by atoms with Crippen LogP contribution in [0.4, 0.5) is 0 Å². The van der Waals surface area contributed by atoms with Crippen LogP contribution in [0.3, 0.4) is 0 Å². The first kappa shape index (κ1) is 26.4. The third kappa shape index (κ3) is 8.86. The van der Waals surface area contributed by atoms with E-state index >= 15 is 0 Å². The van der Waals surface area contributed by atoms with Gasteiger partial charge in [0, 0.05) is 45.3 Å². The van der Waals surface area contributed by atoms with Gasteiger partial charge in [0.05, 0.1) is 19.8 Å². The SMILES string of the molecule is CCNC(=NCc1ccccc1CN1CCOCC1)NC[C@H]1CCCN1CC(C)C.I. The van der Waals surface area contributed by atoms with E-state index in [-0.39, 0.29) is 24.0 Å². The lowest BCUT2D eigenvalue weighted by molar-refractivity contribution is 0.0341. The predicted octanol–water partition coefficient (Wildman–Crippen LogP) is 3.31. The molecule has 2 fully saturated rings. The van der Waals surface area contributed by atoms with Gasteiger partial charge in [0.2, 0.25) is 0 Å². The number of nitrogens with one attached hydrogen (secondary N) is 2. The fourth-order valence-corrected chi connectivity index (χ4v) is 4.42. The number of halogens is 1. The Balaban J connectivity index is 0.00000341. The van der Waals surface area contributed by atoms with Gasteiger partial charge < -0.3 is 15.4 Å². The molecule has 6 nitrogen and oxygen atoms in total. The van der Waals surface area contributed by atoms with Gasteiger partial charge in [-0.3, -0.25) is 9.80 Å². The maximum atomic E-state index is 5.49. The van der Waals surface area contributed by atoms with Crippen molar-refractivity contribution in [2.24, 2.45) is 10.9 Å². The lowest BCUT2D eigenvalue weighted by Gasteiger charge is -2.27. The van der Waals surface area contributed by atoms with E-state index in [1.807, 2.05) is 0 Å². The van der Waals surface area contributed by atoms with Gasteiger partial charge in [0.25, 0.3) is 0 Å². The molecule has 0 bridgehead atoms. The van der Waals surface area contributed by atoms with Crippen molar-refractivity contribution in [1.82, 2.24) is 20.4 Å². The number of rotatable bonds is 9. The first-order chi connectivity index (χ1) is 14.7. The van der Waals surface area contributed by atoms with Gasteiger partial charge in [-0.15, -0.1) is 24.0 Å². The summed E-state index contributed by atoms with van der Waals surface area (Å²) in [6, 6.07) is 9.32. The predicted molar refractivity (Wildman–Crippen MR) is 140 cm³/mol. The summed E-state index contributed by atoms with van der Waals surface area (Å²) in [6.07, 6.45) is 2.59. The largest absolute Gasteiger partial charge is 0.379 e. The molecule has 2 N–H and O–H groups in total. The molecule has 2 heterocycles. The monoisotopic (exact) mass is 543 g/mol. The van der Waals surface area contributed by atoms with Crippen LogP contribution in [0.15, 0.2) is 29.3 Å². The smallest absolute Gasteiger partial charge is 0.191 e. The van der Waals surface area contributed by atoms with Gasteiger partial charge in [0.1, 0.15) is 0 Å². The Hall–Kier alpha value is -0.900. The number of hydrogen-bond donors (Lipinski definition) is 2. The van der Waals surface area contributed by atoms with E-state index in [1.165, 1.54) is 37.1 Å². The van der Waals surface area contributed by atoms with Gasteiger partial charge in [0.15, 0.2) is 5.96 Å². The highest BCUT2D eigenvalue weighted by molar-refractivity contribution is 14.0. The molecule has 0 aliphatic carbocycles. The van der Waals surface area contributed by atoms with E-state index < -0.39 is 0 Å². The molecule has 0 radical (unpaired) electrons. The Bertz CT molecular complexity index is 663. The normalized spacial score (nSPS) is 20.6. The van der Waals surface area contributed by atoms with E-state index in [1.54, 1.807) is 0 Å². The topological polar surface area (TPSA) is 52.1 Å². The van der Waals surface area contributed by atoms with Crippen LogP contribution in [0.2, 0.25) is 0 Å². The number of hydrogen-bond acceptors (Lipinski definition) is 4. The molecular formula is C24H42IN5O. The number of guanidine groups is 1. The van der Waals surface area contributed by atoms with Crippen molar-refractivity contribution in [1.29, 1.82) is 0 Å². The summed E-state index contributed by atoms with van der Waals surface area (Å²) >= 11 is 0. The number of morpholine rings is 1. The number of benzene rings is 1. The van der Waals surface area contributed by atoms with Crippen LogP contribution in [0.1, 0.15) is 44.7 Å². The average Bonchev–Trinajstić information content (AvgIpc) is 3.18. The van der Waals surface area contributed by atoms with Crippen LogP contribution in [0.25, 0.3) is 0 Å².